The number of imidazole rings is 1. The second kappa shape index (κ2) is 9.91. The topological polar surface area (TPSA) is 122 Å². The number of benzene rings is 1. The molecule has 4 aromatic rings. The van der Waals surface area contributed by atoms with Gasteiger partial charge in [0.2, 0.25) is 5.88 Å². The minimum Gasteiger partial charge on any atom is -0.475 e. The Balaban J connectivity index is 1.70. The Bertz CT molecular complexity index is 1420. The van der Waals surface area contributed by atoms with Crippen LogP contribution in [0, 0.1) is 13.8 Å². The van der Waals surface area contributed by atoms with Crippen LogP contribution in [-0.4, -0.2) is 55.0 Å². The van der Waals surface area contributed by atoms with E-state index in [9.17, 15) is 23.1 Å². The molecule has 0 spiro atoms. The smallest absolute Gasteiger partial charge is 0.417 e. The monoisotopic (exact) mass is 501 g/mol. The average Bonchev–Trinajstić information content (AvgIpc) is 3.28. The molecule has 9 nitrogen and oxygen atoms in total. The number of aryl methyl sites for hydroxylation is 1. The van der Waals surface area contributed by atoms with Crippen molar-refractivity contribution in [3.05, 3.63) is 71.0 Å². The van der Waals surface area contributed by atoms with E-state index in [1.165, 1.54) is 41.0 Å². The van der Waals surface area contributed by atoms with Crippen LogP contribution in [0.4, 0.5) is 19.0 Å². The van der Waals surface area contributed by atoms with Crippen LogP contribution < -0.4 is 10.1 Å². The lowest BCUT2D eigenvalue weighted by atomic mass is 9.99. The van der Waals surface area contributed by atoms with Gasteiger partial charge in [-0.05, 0) is 37.1 Å². The highest BCUT2D eigenvalue weighted by atomic mass is 19.4. The van der Waals surface area contributed by atoms with Crippen LogP contribution in [0.25, 0.3) is 16.9 Å². The fourth-order valence-electron chi connectivity index (χ4n) is 3.55. The lowest BCUT2D eigenvalue weighted by Crippen LogP contribution is -2.22. The number of amides is 1. The summed E-state index contributed by atoms with van der Waals surface area (Å²) in [6.45, 7) is 2.68. The summed E-state index contributed by atoms with van der Waals surface area (Å²) in [7, 11) is 0. The highest BCUT2D eigenvalue weighted by molar-refractivity contribution is 6.03. The molecule has 0 saturated carbocycles. The maximum atomic E-state index is 13.7. The SMILES string of the molecule is Cc1c(-c2ccccc2C(F)(F)F)nn2c(C(=O)Nc3cccc(OCC(O)CO)n3)cnc2c1C. The molecule has 12 heteroatoms. The molecule has 0 fully saturated rings. The number of anilines is 1. The molecular formula is C24H22F3N5O4. The number of hydrogen-bond donors (Lipinski definition) is 3. The van der Waals surface area contributed by atoms with Gasteiger partial charge >= 0.3 is 6.18 Å². The lowest BCUT2D eigenvalue weighted by molar-refractivity contribution is -0.137. The molecule has 1 atom stereocenters. The normalized spacial score (nSPS) is 12.5. The first-order valence-electron chi connectivity index (χ1n) is 10.8. The van der Waals surface area contributed by atoms with Gasteiger partial charge in [-0.3, -0.25) is 4.79 Å². The van der Waals surface area contributed by atoms with E-state index in [0.717, 1.165) is 6.07 Å². The largest absolute Gasteiger partial charge is 0.475 e. The maximum absolute atomic E-state index is 13.7. The first-order chi connectivity index (χ1) is 17.1. The predicted molar refractivity (Wildman–Crippen MR) is 124 cm³/mol. The highest BCUT2D eigenvalue weighted by Crippen LogP contribution is 2.38. The Kier molecular flexibility index (Phi) is 6.91. The molecule has 188 valence electrons. The van der Waals surface area contributed by atoms with Crippen LogP contribution in [0.3, 0.4) is 0 Å². The van der Waals surface area contributed by atoms with E-state index >= 15 is 0 Å². The molecule has 0 saturated heterocycles. The number of alkyl halides is 3. The molecule has 3 aromatic heterocycles. The number of halogens is 3. The standard InChI is InChI=1S/C24H22F3N5O4/c1-13-14(2)22-28-10-18(23(35)30-19-8-5-9-20(29-19)36-12-15(34)11-33)32(22)31-21(13)16-6-3-4-7-17(16)24(25,26)27/h3-10,15,33-34H,11-12H2,1-2H3,(H,29,30,35). The number of fused-ring (bicyclic) bond motifs is 1. The van der Waals surface area contributed by atoms with Gasteiger partial charge in [0.25, 0.3) is 5.91 Å². The third-order valence-corrected chi connectivity index (χ3v) is 5.51. The lowest BCUT2D eigenvalue weighted by Gasteiger charge is -2.16. The van der Waals surface area contributed by atoms with Crippen LogP contribution in [-0.2, 0) is 6.18 Å². The van der Waals surface area contributed by atoms with Gasteiger partial charge in [-0.15, -0.1) is 0 Å². The van der Waals surface area contributed by atoms with Crippen LogP contribution >= 0.6 is 0 Å². The number of carbonyl (C=O) groups excluding carboxylic acids is 1. The number of nitrogens with one attached hydrogen (secondary N) is 1. The molecule has 3 N–H and O–H groups in total. The zero-order valence-electron chi connectivity index (χ0n) is 19.2. The summed E-state index contributed by atoms with van der Waals surface area (Å²) in [4.78, 5) is 21.4. The highest BCUT2D eigenvalue weighted by Gasteiger charge is 2.34. The molecule has 1 amide bonds. The number of aliphatic hydroxyl groups excluding tert-OH is 2. The van der Waals surface area contributed by atoms with E-state index in [2.05, 4.69) is 20.4 Å². The number of rotatable bonds is 7. The number of hydrogen-bond acceptors (Lipinski definition) is 7. The van der Waals surface area contributed by atoms with Gasteiger partial charge in [0, 0.05) is 11.6 Å². The van der Waals surface area contributed by atoms with Gasteiger partial charge < -0.3 is 20.3 Å². The molecule has 4 rings (SSSR count). The number of aliphatic hydroxyl groups is 2. The molecule has 0 bridgehead atoms. The molecule has 0 aliphatic carbocycles. The van der Waals surface area contributed by atoms with Gasteiger partial charge in [0.15, 0.2) is 11.3 Å². The van der Waals surface area contributed by atoms with Gasteiger partial charge in [-0.25, -0.2) is 9.50 Å². The number of aromatic nitrogens is 4. The van der Waals surface area contributed by atoms with Crippen molar-refractivity contribution in [2.45, 2.75) is 26.1 Å². The second-order valence-electron chi connectivity index (χ2n) is 7.98. The predicted octanol–water partition coefficient (Wildman–Crippen LogP) is 3.41. The number of pyridine rings is 1. The van der Waals surface area contributed by atoms with Crippen molar-refractivity contribution in [3.63, 3.8) is 0 Å². The van der Waals surface area contributed by atoms with Crippen LogP contribution in [0.5, 0.6) is 5.88 Å². The van der Waals surface area contributed by atoms with Crippen LogP contribution in [0.1, 0.15) is 27.2 Å². The van der Waals surface area contributed by atoms with Crippen LogP contribution in [0.15, 0.2) is 48.7 Å². The van der Waals surface area contributed by atoms with Gasteiger partial charge in [0.1, 0.15) is 18.5 Å². The minimum absolute atomic E-state index is 0.0114. The third kappa shape index (κ3) is 4.99. The average molecular weight is 501 g/mol. The number of nitrogens with zero attached hydrogens (tertiary/aromatic N) is 4. The molecule has 1 unspecified atom stereocenters. The summed E-state index contributed by atoms with van der Waals surface area (Å²) < 4.78 is 47.5. The number of carbonyl (C=O) groups is 1. The first kappa shape index (κ1) is 25.1. The number of ether oxygens (including phenoxy) is 1. The van der Waals surface area contributed by atoms with Crippen molar-refractivity contribution in [1.29, 1.82) is 0 Å². The molecule has 1 aromatic carbocycles. The quantitative estimate of drug-likeness (QED) is 0.355. The summed E-state index contributed by atoms with van der Waals surface area (Å²) in [5, 5.41) is 25.3. The van der Waals surface area contributed by atoms with Crippen LogP contribution in [0.2, 0.25) is 0 Å². The van der Waals surface area contributed by atoms with Crippen molar-refractivity contribution >= 4 is 17.4 Å². The Labute approximate surface area is 203 Å². The summed E-state index contributed by atoms with van der Waals surface area (Å²) >= 11 is 0. The fraction of sp³-hybridized carbons (Fsp3) is 0.250. The van der Waals surface area contributed by atoms with E-state index in [1.54, 1.807) is 19.9 Å². The molecular weight excluding hydrogens is 479 g/mol. The molecule has 3 heterocycles. The Morgan fingerprint density at radius 2 is 1.89 bits per heavy atom. The molecule has 0 aliphatic rings. The molecule has 0 radical (unpaired) electrons. The van der Waals surface area contributed by atoms with E-state index in [1.807, 2.05) is 0 Å². The molecule has 0 aliphatic heterocycles. The summed E-state index contributed by atoms with van der Waals surface area (Å²) in [5.41, 5.74) is 0.537. The first-order valence-corrected chi connectivity index (χ1v) is 10.8. The summed E-state index contributed by atoms with van der Waals surface area (Å²) in [6, 6.07) is 9.69. The van der Waals surface area contributed by atoms with Gasteiger partial charge in [-0.1, -0.05) is 24.3 Å². The minimum atomic E-state index is -4.59. The van der Waals surface area contributed by atoms with Crippen molar-refractivity contribution in [1.82, 2.24) is 19.6 Å². The van der Waals surface area contributed by atoms with Crippen molar-refractivity contribution in [2.75, 3.05) is 18.5 Å². The Morgan fingerprint density at radius 3 is 2.61 bits per heavy atom. The fourth-order valence-corrected chi connectivity index (χ4v) is 3.55. The summed E-state index contributed by atoms with van der Waals surface area (Å²) in [6.07, 6.45) is -4.39. The van der Waals surface area contributed by atoms with E-state index in [4.69, 9.17) is 9.84 Å². The van der Waals surface area contributed by atoms with Crippen molar-refractivity contribution in [2.24, 2.45) is 0 Å². The second-order valence-corrected chi connectivity index (χ2v) is 7.98. The van der Waals surface area contributed by atoms with Crippen molar-refractivity contribution < 1.29 is 32.9 Å². The Morgan fingerprint density at radius 1 is 1.14 bits per heavy atom. The Hall–Kier alpha value is -4.03. The van der Waals surface area contributed by atoms with E-state index in [0.29, 0.717) is 16.8 Å². The molecule has 36 heavy (non-hydrogen) atoms. The van der Waals surface area contributed by atoms with E-state index < -0.39 is 30.4 Å². The van der Waals surface area contributed by atoms with Gasteiger partial charge in [-0.2, -0.15) is 23.3 Å². The summed E-state index contributed by atoms with van der Waals surface area (Å²) in [5.74, 6) is -0.417. The van der Waals surface area contributed by atoms with Gasteiger partial charge in [0.05, 0.1) is 24.1 Å². The van der Waals surface area contributed by atoms with Crippen molar-refractivity contribution in [3.8, 4) is 17.1 Å². The third-order valence-electron chi connectivity index (χ3n) is 5.51. The zero-order valence-corrected chi connectivity index (χ0v) is 19.2. The zero-order chi connectivity index (χ0) is 26.0. The maximum Gasteiger partial charge on any atom is 0.417 e. The van der Waals surface area contributed by atoms with E-state index in [-0.39, 0.29) is 35.3 Å².